The van der Waals surface area contributed by atoms with Gasteiger partial charge in [-0.2, -0.15) is 13.2 Å². The van der Waals surface area contributed by atoms with Crippen molar-refractivity contribution in [1.29, 1.82) is 0 Å². The second-order valence-corrected chi connectivity index (χ2v) is 11.9. The fraction of sp³-hybridized carbons (Fsp3) is 0.303. The maximum Gasteiger partial charge on any atom is 0.416 e. The quantitative estimate of drug-likeness (QED) is 0.234. The van der Waals surface area contributed by atoms with E-state index in [4.69, 9.17) is 11.6 Å². The lowest BCUT2D eigenvalue weighted by Crippen LogP contribution is -2.47. The molecule has 39 heavy (non-hydrogen) atoms. The summed E-state index contributed by atoms with van der Waals surface area (Å²) >= 11 is 6.19. The van der Waals surface area contributed by atoms with Gasteiger partial charge in [0.1, 0.15) is 5.15 Å². The van der Waals surface area contributed by atoms with Gasteiger partial charge in [-0.3, -0.25) is 4.90 Å². The molecule has 4 aromatic rings. The molecule has 1 saturated heterocycles. The second kappa shape index (κ2) is 8.94. The Balaban J connectivity index is 1.30. The van der Waals surface area contributed by atoms with Crippen molar-refractivity contribution in [3.8, 4) is 0 Å². The number of benzene rings is 3. The fourth-order valence-electron chi connectivity index (χ4n) is 8.37. The minimum atomic E-state index is -4.33. The molecule has 1 unspecified atom stereocenters. The van der Waals surface area contributed by atoms with Gasteiger partial charge in [-0.05, 0) is 70.5 Å². The van der Waals surface area contributed by atoms with Crippen molar-refractivity contribution in [1.82, 2.24) is 9.88 Å². The lowest BCUT2D eigenvalue weighted by Gasteiger charge is -2.53. The average Bonchev–Trinajstić information content (AvgIpc) is 3.48. The molecular weight excluding hydrogens is 517 g/mol. The molecule has 0 N–H and O–H groups in total. The Kier molecular flexibility index (Phi) is 5.70. The number of nitrogens with zero attached hydrogens (tertiary/aromatic N) is 2. The molecule has 4 aliphatic rings. The number of alkyl halides is 3. The van der Waals surface area contributed by atoms with E-state index in [-0.39, 0.29) is 22.8 Å². The number of halogens is 4. The van der Waals surface area contributed by atoms with E-state index in [1.165, 1.54) is 28.8 Å². The van der Waals surface area contributed by atoms with Crippen LogP contribution in [0.15, 0.2) is 103 Å². The zero-order chi connectivity index (χ0) is 26.8. The maximum absolute atomic E-state index is 13.2. The number of hydrogen-bond acceptors (Lipinski definition) is 2. The van der Waals surface area contributed by atoms with E-state index in [0.29, 0.717) is 17.6 Å². The highest BCUT2D eigenvalue weighted by Gasteiger charge is 2.77. The minimum Gasteiger partial charge on any atom is -0.291 e. The normalized spacial score (nSPS) is 29.7. The zero-order valence-corrected chi connectivity index (χ0v) is 22.0. The summed E-state index contributed by atoms with van der Waals surface area (Å²) in [6, 6.07) is 31.4. The van der Waals surface area contributed by atoms with Crippen molar-refractivity contribution < 1.29 is 13.2 Å². The largest absolute Gasteiger partial charge is 0.416 e. The Bertz CT molecular complexity index is 1460. The first kappa shape index (κ1) is 24.9. The maximum atomic E-state index is 13.2. The molecule has 0 amide bonds. The second-order valence-electron chi connectivity index (χ2n) is 11.5. The standard InChI is InChI=1S/C33H28ClF3N2/c34-28-16-13-24(17-38-28)29-27-19-39(18-22-11-14-26(15-12-22)33(35,36)37)30(23-7-3-1-4-8-23)32(27)20-31(29,21-32)25-9-5-2-6-10-25/h1-17,27,29-30H,18-21H2/t27-,29?,30-,31?,32?/m1/s1. The Morgan fingerprint density at radius 3 is 2.10 bits per heavy atom. The van der Waals surface area contributed by atoms with Gasteiger partial charge in [-0.1, -0.05) is 90.5 Å². The molecule has 4 fully saturated rings. The summed E-state index contributed by atoms with van der Waals surface area (Å²) in [5.41, 5.74) is 4.29. The number of rotatable bonds is 5. The van der Waals surface area contributed by atoms with Crippen LogP contribution in [0.1, 0.15) is 52.6 Å². The van der Waals surface area contributed by atoms with Gasteiger partial charge in [0.15, 0.2) is 0 Å². The summed E-state index contributed by atoms with van der Waals surface area (Å²) in [6.45, 7) is 1.49. The number of hydrogen-bond donors (Lipinski definition) is 0. The van der Waals surface area contributed by atoms with Crippen LogP contribution in [-0.4, -0.2) is 16.4 Å². The van der Waals surface area contributed by atoms with E-state index in [0.717, 1.165) is 24.9 Å². The molecule has 3 atom stereocenters. The topological polar surface area (TPSA) is 16.1 Å². The van der Waals surface area contributed by atoms with Gasteiger partial charge in [-0.15, -0.1) is 0 Å². The van der Waals surface area contributed by atoms with Gasteiger partial charge in [0.2, 0.25) is 0 Å². The lowest BCUT2D eigenvalue weighted by molar-refractivity contribution is -0.137. The Morgan fingerprint density at radius 2 is 1.49 bits per heavy atom. The summed E-state index contributed by atoms with van der Waals surface area (Å²) in [5, 5.41) is 0.491. The van der Waals surface area contributed by atoms with Crippen molar-refractivity contribution in [3.05, 3.63) is 136 Å². The first-order valence-electron chi connectivity index (χ1n) is 13.4. The number of aromatic nitrogens is 1. The molecule has 3 aliphatic carbocycles. The molecule has 8 rings (SSSR count). The molecule has 3 saturated carbocycles. The monoisotopic (exact) mass is 544 g/mol. The third-order valence-electron chi connectivity index (χ3n) is 9.61. The van der Waals surface area contributed by atoms with Crippen LogP contribution in [0.2, 0.25) is 5.15 Å². The highest BCUT2D eigenvalue weighted by Crippen LogP contribution is 2.82. The predicted molar refractivity (Wildman–Crippen MR) is 146 cm³/mol. The SMILES string of the molecule is FC(F)(F)c1ccc(CN2C[C@@H]3C(c4ccc(Cl)nc4)C4(c5ccccc5)CC3(C4)[C@H]2c2ccccc2)cc1. The van der Waals surface area contributed by atoms with Crippen molar-refractivity contribution >= 4 is 11.6 Å². The fourth-order valence-corrected chi connectivity index (χ4v) is 8.48. The van der Waals surface area contributed by atoms with Gasteiger partial charge >= 0.3 is 6.18 Å². The van der Waals surface area contributed by atoms with E-state index in [2.05, 4.69) is 70.5 Å². The highest BCUT2D eigenvalue weighted by atomic mass is 35.5. The molecule has 3 aromatic carbocycles. The van der Waals surface area contributed by atoms with E-state index >= 15 is 0 Å². The van der Waals surface area contributed by atoms with Gasteiger partial charge in [0.05, 0.1) is 5.56 Å². The summed E-state index contributed by atoms with van der Waals surface area (Å²) < 4.78 is 39.6. The van der Waals surface area contributed by atoms with Crippen molar-refractivity contribution in [2.75, 3.05) is 6.54 Å². The molecule has 0 radical (unpaired) electrons. The molecule has 1 spiro atoms. The Hall–Kier alpha value is -3.15. The lowest BCUT2D eigenvalue weighted by atomic mass is 9.52. The van der Waals surface area contributed by atoms with Crippen LogP contribution in [-0.2, 0) is 18.1 Å². The molecule has 2 nitrogen and oxygen atoms in total. The van der Waals surface area contributed by atoms with Crippen molar-refractivity contribution in [3.63, 3.8) is 0 Å². The van der Waals surface area contributed by atoms with E-state index in [1.807, 2.05) is 18.3 Å². The van der Waals surface area contributed by atoms with Gasteiger partial charge in [0.25, 0.3) is 0 Å². The Morgan fingerprint density at radius 1 is 0.821 bits per heavy atom. The zero-order valence-electron chi connectivity index (χ0n) is 21.3. The first-order chi connectivity index (χ1) is 18.8. The molecule has 1 aliphatic heterocycles. The van der Waals surface area contributed by atoms with Crippen LogP contribution in [0.5, 0.6) is 0 Å². The van der Waals surface area contributed by atoms with E-state index in [1.54, 1.807) is 12.1 Å². The van der Waals surface area contributed by atoms with Crippen LogP contribution in [0, 0.1) is 11.3 Å². The molecule has 2 bridgehead atoms. The summed E-state index contributed by atoms with van der Waals surface area (Å²) in [7, 11) is 0. The molecule has 1 aromatic heterocycles. The molecule has 6 heteroatoms. The highest BCUT2D eigenvalue weighted by molar-refractivity contribution is 6.29. The third kappa shape index (κ3) is 3.85. The molecular formula is C33H28ClF3N2. The van der Waals surface area contributed by atoms with Crippen LogP contribution in [0.4, 0.5) is 13.2 Å². The first-order valence-corrected chi connectivity index (χ1v) is 13.8. The van der Waals surface area contributed by atoms with Crippen LogP contribution in [0.3, 0.4) is 0 Å². The number of likely N-dealkylation sites (tertiary alicyclic amines) is 1. The summed E-state index contributed by atoms with van der Waals surface area (Å²) in [5.74, 6) is 0.675. The Labute approximate surface area is 231 Å². The molecule has 198 valence electrons. The molecule has 2 heterocycles. The van der Waals surface area contributed by atoms with Crippen LogP contribution < -0.4 is 0 Å². The van der Waals surface area contributed by atoms with E-state index in [9.17, 15) is 13.2 Å². The summed E-state index contributed by atoms with van der Waals surface area (Å²) in [4.78, 5) is 6.97. The third-order valence-corrected chi connectivity index (χ3v) is 9.83. The number of pyridine rings is 1. The minimum absolute atomic E-state index is 0.0366. The van der Waals surface area contributed by atoms with Crippen molar-refractivity contribution in [2.45, 2.75) is 42.9 Å². The van der Waals surface area contributed by atoms with E-state index < -0.39 is 11.7 Å². The predicted octanol–water partition coefficient (Wildman–Crippen LogP) is 8.44. The van der Waals surface area contributed by atoms with Gasteiger partial charge in [-0.25, -0.2) is 4.98 Å². The summed E-state index contributed by atoms with van der Waals surface area (Å²) in [6.07, 6.45) is -0.237. The van der Waals surface area contributed by atoms with Crippen LogP contribution >= 0.6 is 11.6 Å². The van der Waals surface area contributed by atoms with Crippen LogP contribution in [0.25, 0.3) is 0 Å². The van der Waals surface area contributed by atoms with Gasteiger partial charge in [0, 0.05) is 30.7 Å². The van der Waals surface area contributed by atoms with Crippen molar-refractivity contribution in [2.24, 2.45) is 11.3 Å². The average molecular weight is 545 g/mol. The van der Waals surface area contributed by atoms with Gasteiger partial charge < -0.3 is 0 Å². The smallest absolute Gasteiger partial charge is 0.291 e.